The first-order chi connectivity index (χ1) is 4.74. The zero-order valence-corrected chi connectivity index (χ0v) is 12.1. The number of allylic oxidation sites excluding steroid dienone is 2. The topological polar surface area (TPSA) is 9.23 Å². The van der Waals surface area contributed by atoms with Gasteiger partial charge < -0.3 is 17.1 Å². The molecular formula is C8H8BrClOZn-. The van der Waals surface area contributed by atoms with Crippen molar-refractivity contribution in [3.63, 3.8) is 0 Å². The summed E-state index contributed by atoms with van der Waals surface area (Å²) < 4.78 is 6.04. The van der Waals surface area contributed by atoms with Crippen LogP contribution in [0.1, 0.15) is 0 Å². The van der Waals surface area contributed by atoms with Gasteiger partial charge in [-0.25, -0.2) is 0 Å². The number of hydrogen-bond donors (Lipinski definition) is 0. The molecule has 0 bridgehead atoms. The molecule has 4 heteroatoms. The van der Waals surface area contributed by atoms with E-state index in [9.17, 15) is 0 Å². The molecule has 1 radical (unpaired) electrons. The van der Waals surface area contributed by atoms with Gasteiger partial charge in [0.2, 0.25) is 0 Å². The first-order valence-corrected chi connectivity index (χ1v) is 3.69. The zero-order chi connectivity index (χ0) is 7.56. The van der Waals surface area contributed by atoms with Crippen molar-refractivity contribution in [2.75, 3.05) is 7.11 Å². The van der Waals surface area contributed by atoms with Crippen molar-refractivity contribution in [3.05, 3.63) is 41.0 Å². The molecule has 0 saturated heterocycles. The number of ether oxygens (including phenoxy) is 1. The van der Waals surface area contributed by atoms with Crippen LogP contribution in [-0.4, -0.2) is 7.11 Å². The molecule has 0 spiro atoms. The predicted molar refractivity (Wildman–Crippen MR) is 45.5 cm³/mol. The van der Waals surface area contributed by atoms with Crippen LogP contribution in [0, 0.1) is 6.10 Å². The van der Waals surface area contributed by atoms with Crippen molar-refractivity contribution in [2.24, 2.45) is 0 Å². The van der Waals surface area contributed by atoms with Crippen LogP contribution >= 0.6 is 15.9 Å². The van der Waals surface area contributed by atoms with E-state index < -0.39 is 0 Å². The van der Waals surface area contributed by atoms with E-state index in [1.807, 2.05) is 18.2 Å². The first-order valence-electron chi connectivity index (χ1n) is 2.89. The van der Waals surface area contributed by atoms with Gasteiger partial charge in [-0.05, 0) is 23.8 Å². The molecular weight excluding hydrogens is 293 g/mol. The number of halogens is 2. The minimum atomic E-state index is 0. The maximum Gasteiger partial charge on any atom is 0.147 e. The standard InChI is InChI=1S/C8H8BrO.ClH.Zn/c1-6-5-7(9)3-4-8(6)10-2;;/h3-5H,1H2,2H3;1H;/p-1. The maximum absolute atomic E-state index is 5.02. The largest absolute Gasteiger partial charge is 1.00 e. The minimum absolute atomic E-state index is 0. The Morgan fingerprint density at radius 3 is 2.42 bits per heavy atom. The number of hydrogen-bond acceptors (Lipinski definition) is 1. The van der Waals surface area contributed by atoms with Gasteiger partial charge in [0.05, 0.1) is 0 Å². The van der Waals surface area contributed by atoms with Crippen molar-refractivity contribution in [1.29, 1.82) is 0 Å². The Kier molecular flexibility index (Phi) is 8.82. The Labute approximate surface area is 100 Å². The van der Waals surface area contributed by atoms with E-state index in [4.69, 9.17) is 4.74 Å². The summed E-state index contributed by atoms with van der Waals surface area (Å²) in [5.41, 5.74) is 0.900. The van der Waals surface area contributed by atoms with Gasteiger partial charge in [-0.1, -0.05) is 22.5 Å². The third-order valence-corrected chi connectivity index (χ3v) is 1.74. The normalized spacial score (nSPS) is 16.2. The van der Waals surface area contributed by atoms with Gasteiger partial charge in [-0.2, -0.15) is 0 Å². The molecule has 0 fully saturated rings. The molecule has 63 valence electrons. The van der Waals surface area contributed by atoms with E-state index >= 15 is 0 Å². The molecule has 0 aromatic heterocycles. The van der Waals surface area contributed by atoms with Crippen LogP contribution in [0.3, 0.4) is 0 Å². The molecule has 0 heterocycles. The van der Waals surface area contributed by atoms with Crippen LogP contribution in [0.15, 0.2) is 34.9 Å². The maximum atomic E-state index is 5.02. The summed E-state index contributed by atoms with van der Waals surface area (Å²) in [6, 6.07) is 0. The van der Waals surface area contributed by atoms with Crippen LogP contribution in [0.4, 0.5) is 0 Å². The molecule has 0 amide bonds. The second kappa shape index (κ2) is 7.02. The van der Waals surface area contributed by atoms with Crippen molar-refractivity contribution in [3.8, 4) is 0 Å². The summed E-state index contributed by atoms with van der Waals surface area (Å²) in [5.74, 6) is 0. The molecule has 0 unspecified atom stereocenters. The second-order valence-electron chi connectivity index (χ2n) is 1.96. The fourth-order valence-electron chi connectivity index (χ4n) is 0.747. The Bertz CT molecular complexity index is 213. The minimum Gasteiger partial charge on any atom is -1.00 e. The number of rotatable bonds is 1. The van der Waals surface area contributed by atoms with E-state index in [1.54, 1.807) is 7.11 Å². The summed E-state index contributed by atoms with van der Waals surface area (Å²) in [6.07, 6.45) is 6.54. The Balaban J connectivity index is 0. The van der Waals surface area contributed by atoms with Gasteiger partial charge in [0.25, 0.3) is 0 Å². The molecule has 1 rings (SSSR count). The van der Waals surface area contributed by atoms with Crippen molar-refractivity contribution in [1.82, 2.24) is 0 Å². The third-order valence-electron chi connectivity index (χ3n) is 1.24. The molecule has 0 aromatic carbocycles. The predicted octanol–water partition coefficient (Wildman–Crippen LogP) is -0.429. The molecule has 1 aliphatic carbocycles. The average molecular weight is 301 g/mol. The van der Waals surface area contributed by atoms with E-state index in [2.05, 4.69) is 22.5 Å². The quantitative estimate of drug-likeness (QED) is 0.597. The van der Waals surface area contributed by atoms with Gasteiger partial charge in [-0.3, -0.25) is 0 Å². The van der Waals surface area contributed by atoms with Crippen LogP contribution in [0.25, 0.3) is 0 Å². The third kappa shape index (κ3) is 4.00. The Morgan fingerprint density at radius 2 is 2.00 bits per heavy atom. The van der Waals surface area contributed by atoms with Crippen molar-refractivity contribution >= 4 is 15.9 Å². The monoisotopic (exact) mass is 298 g/mol. The summed E-state index contributed by atoms with van der Waals surface area (Å²) in [7, 11) is 1.64. The molecule has 12 heavy (non-hydrogen) atoms. The van der Waals surface area contributed by atoms with Crippen LogP contribution in [-0.2, 0) is 24.2 Å². The Hall–Kier alpha value is 0.573. The molecule has 0 atom stereocenters. The van der Waals surface area contributed by atoms with Crippen LogP contribution in [0.2, 0.25) is 0 Å². The van der Waals surface area contributed by atoms with Gasteiger partial charge in [0.15, 0.2) is 0 Å². The van der Waals surface area contributed by atoms with Crippen molar-refractivity contribution < 1.29 is 36.6 Å². The van der Waals surface area contributed by atoms with Crippen molar-refractivity contribution in [2.45, 2.75) is 0 Å². The molecule has 0 N–H and O–H groups in total. The van der Waals surface area contributed by atoms with E-state index in [-0.39, 0.29) is 31.9 Å². The summed E-state index contributed by atoms with van der Waals surface area (Å²) in [6.45, 7) is 3.80. The fraction of sp³-hybridized carbons (Fsp3) is 0.125. The average Bonchev–Trinajstić information content (AvgIpc) is 1.88. The molecule has 0 saturated carbocycles. The van der Waals surface area contributed by atoms with E-state index in [1.165, 1.54) is 0 Å². The fourth-order valence-corrected chi connectivity index (χ4v) is 1.16. The summed E-state index contributed by atoms with van der Waals surface area (Å²) in [4.78, 5) is 0. The molecule has 1 nitrogen and oxygen atoms in total. The van der Waals surface area contributed by atoms with E-state index in [0.717, 1.165) is 16.2 Å². The zero-order valence-electron chi connectivity index (χ0n) is 6.81. The smallest absolute Gasteiger partial charge is 0.147 e. The van der Waals surface area contributed by atoms with Crippen LogP contribution < -0.4 is 12.4 Å². The van der Waals surface area contributed by atoms with Gasteiger partial charge in [0, 0.05) is 31.1 Å². The van der Waals surface area contributed by atoms with Gasteiger partial charge in [-0.15, -0.1) is 0 Å². The van der Waals surface area contributed by atoms with Crippen LogP contribution in [0.5, 0.6) is 0 Å². The summed E-state index contributed by atoms with van der Waals surface area (Å²) >= 11 is 3.33. The molecule has 0 aromatic rings. The Morgan fingerprint density at radius 1 is 1.42 bits per heavy atom. The first kappa shape index (κ1) is 15.1. The summed E-state index contributed by atoms with van der Waals surface area (Å²) in [5, 5.41) is 0. The van der Waals surface area contributed by atoms with E-state index in [0.29, 0.717) is 0 Å². The molecule has 1 aliphatic rings. The number of methoxy groups -OCH3 is 1. The SMILES string of the molecule is C=C1C=C(Br)C=C[C]1OC.[Cl-].[Zn]. The van der Waals surface area contributed by atoms with Gasteiger partial charge >= 0.3 is 0 Å². The molecule has 0 aliphatic heterocycles. The van der Waals surface area contributed by atoms with Gasteiger partial charge in [0.1, 0.15) is 6.10 Å². The second-order valence-corrected chi connectivity index (χ2v) is 2.87.